The third-order valence-corrected chi connectivity index (χ3v) is 8.24. The third kappa shape index (κ3) is 5.70. The molecule has 0 saturated carbocycles. The minimum atomic E-state index is -0.564. The molecule has 184 valence electrons. The number of piperidine rings is 1. The molecule has 2 aromatic rings. The number of hydrogen-bond acceptors (Lipinski definition) is 6. The number of aryl methyl sites for hydroxylation is 1. The monoisotopic (exact) mass is 491 g/mol. The molecule has 35 heavy (non-hydrogen) atoms. The number of hydrazone groups is 1. The minimum Gasteiger partial charge on any atom is -0.367 e. The van der Waals surface area contributed by atoms with E-state index in [4.69, 9.17) is 10.8 Å². The molecule has 0 bridgehead atoms. The fraction of sp³-hybridized carbons (Fsp3) is 0.444. The number of hydrogen-bond donors (Lipinski definition) is 1. The van der Waals surface area contributed by atoms with E-state index in [9.17, 15) is 9.59 Å². The fourth-order valence-corrected chi connectivity index (χ4v) is 6.19. The third-order valence-electron chi connectivity index (χ3n) is 7.01. The molecule has 0 spiro atoms. The molecule has 3 aliphatic heterocycles. The Kier molecular flexibility index (Phi) is 7.39. The van der Waals surface area contributed by atoms with Gasteiger partial charge < -0.3 is 10.6 Å². The summed E-state index contributed by atoms with van der Waals surface area (Å²) < 4.78 is 0. The highest BCUT2D eigenvalue weighted by atomic mass is 32.2. The van der Waals surface area contributed by atoms with Gasteiger partial charge in [-0.3, -0.25) is 19.5 Å². The first-order chi connectivity index (χ1) is 17.1. The first kappa shape index (κ1) is 23.9. The molecule has 3 aliphatic rings. The summed E-state index contributed by atoms with van der Waals surface area (Å²) in [5.41, 5.74) is 9.13. The van der Waals surface area contributed by atoms with E-state index in [0.717, 1.165) is 43.2 Å². The zero-order valence-corrected chi connectivity index (χ0v) is 20.8. The molecule has 0 radical (unpaired) electrons. The van der Waals surface area contributed by atoms with Gasteiger partial charge in [-0.25, -0.2) is 0 Å². The Balaban J connectivity index is 1.23. The zero-order chi connectivity index (χ0) is 24.2. The molecule has 2 N–H and O–H groups in total. The summed E-state index contributed by atoms with van der Waals surface area (Å²) in [5, 5.41) is 6.86. The lowest BCUT2D eigenvalue weighted by atomic mass is 10.1. The molecule has 2 amide bonds. The molecule has 2 saturated heterocycles. The molecular weight excluding hydrogens is 458 g/mol. The predicted octanol–water partition coefficient (Wildman–Crippen LogP) is 3.58. The molecule has 5 rings (SSSR count). The summed E-state index contributed by atoms with van der Waals surface area (Å²) in [6.07, 6.45) is 5.82. The van der Waals surface area contributed by atoms with E-state index in [1.54, 1.807) is 5.01 Å². The van der Waals surface area contributed by atoms with Gasteiger partial charge in [-0.05, 0) is 55.6 Å². The van der Waals surface area contributed by atoms with E-state index in [0.29, 0.717) is 13.0 Å². The van der Waals surface area contributed by atoms with Crippen LogP contribution in [0.25, 0.3) is 0 Å². The Hall–Kier alpha value is -2.84. The lowest BCUT2D eigenvalue weighted by Gasteiger charge is -2.27. The number of nitrogens with two attached hydrogens (primary N) is 1. The van der Waals surface area contributed by atoms with Crippen LogP contribution in [-0.2, 0) is 22.6 Å². The van der Waals surface area contributed by atoms with Crippen LogP contribution < -0.4 is 10.6 Å². The van der Waals surface area contributed by atoms with Crippen LogP contribution in [-0.4, -0.2) is 57.8 Å². The first-order valence-electron chi connectivity index (χ1n) is 12.5. The van der Waals surface area contributed by atoms with Crippen molar-refractivity contribution in [1.29, 1.82) is 0 Å². The van der Waals surface area contributed by atoms with Gasteiger partial charge in [0, 0.05) is 25.2 Å². The maximum Gasteiger partial charge on any atom is 0.252 e. The van der Waals surface area contributed by atoms with E-state index in [2.05, 4.69) is 29.2 Å². The molecule has 0 aromatic heterocycles. The van der Waals surface area contributed by atoms with Crippen molar-refractivity contribution in [2.75, 3.05) is 24.5 Å². The number of primary amides is 1. The van der Waals surface area contributed by atoms with Gasteiger partial charge in [0.1, 0.15) is 0 Å². The summed E-state index contributed by atoms with van der Waals surface area (Å²) >= 11 is 1.42. The SMILES string of the molecule is NC(=O)C1SC(CCc2ccccc2)=NN1C1CC(=O)N(c2ccc(CN3CCCCC3)cc2)C1. The zero-order valence-electron chi connectivity index (χ0n) is 20.0. The lowest BCUT2D eigenvalue weighted by molar-refractivity contribution is -0.121. The number of thioether (sulfide) groups is 1. The summed E-state index contributed by atoms with van der Waals surface area (Å²) in [7, 11) is 0. The number of benzene rings is 2. The molecule has 3 heterocycles. The molecule has 7 nitrogen and oxygen atoms in total. The highest BCUT2D eigenvalue weighted by Crippen LogP contribution is 2.34. The smallest absolute Gasteiger partial charge is 0.252 e. The van der Waals surface area contributed by atoms with Crippen molar-refractivity contribution in [2.24, 2.45) is 10.8 Å². The molecular formula is C27H33N5O2S. The largest absolute Gasteiger partial charge is 0.367 e. The molecule has 2 unspecified atom stereocenters. The highest BCUT2D eigenvalue weighted by molar-refractivity contribution is 8.15. The van der Waals surface area contributed by atoms with Gasteiger partial charge in [0.25, 0.3) is 5.91 Å². The molecule has 2 atom stereocenters. The van der Waals surface area contributed by atoms with Gasteiger partial charge in [0.05, 0.1) is 17.5 Å². The predicted molar refractivity (Wildman–Crippen MR) is 141 cm³/mol. The van der Waals surface area contributed by atoms with E-state index in [1.807, 2.05) is 35.2 Å². The van der Waals surface area contributed by atoms with Crippen LogP contribution in [0.3, 0.4) is 0 Å². The van der Waals surface area contributed by atoms with Crippen LogP contribution in [0.2, 0.25) is 0 Å². The minimum absolute atomic E-state index is 0.0555. The summed E-state index contributed by atoms with van der Waals surface area (Å²) in [6, 6.07) is 18.4. The number of rotatable bonds is 8. The van der Waals surface area contributed by atoms with Crippen LogP contribution >= 0.6 is 11.8 Å². The fourth-order valence-electron chi connectivity index (χ4n) is 5.13. The van der Waals surface area contributed by atoms with Gasteiger partial charge in [-0.1, -0.05) is 60.6 Å². The Morgan fingerprint density at radius 1 is 0.971 bits per heavy atom. The summed E-state index contributed by atoms with van der Waals surface area (Å²) in [5.74, 6) is -0.360. The average molecular weight is 492 g/mol. The van der Waals surface area contributed by atoms with Crippen molar-refractivity contribution >= 4 is 34.3 Å². The van der Waals surface area contributed by atoms with Crippen molar-refractivity contribution in [3.05, 3.63) is 65.7 Å². The lowest BCUT2D eigenvalue weighted by Crippen LogP contribution is -2.44. The maximum atomic E-state index is 12.9. The Morgan fingerprint density at radius 3 is 2.43 bits per heavy atom. The number of likely N-dealkylation sites (tertiary alicyclic amines) is 1. The second kappa shape index (κ2) is 10.8. The molecule has 2 aromatic carbocycles. The van der Waals surface area contributed by atoms with E-state index in [1.165, 1.54) is 42.2 Å². The van der Waals surface area contributed by atoms with Crippen molar-refractivity contribution in [2.45, 2.75) is 56.5 Å². The van der Waals surface area contributed by atoms with Gasteiger partial charge in [0.15, 0.2) is 5.37 Å². The van der Waals surface area contributed by atoms with Crippen LogP contribution in [0, 0.1) is 0 Å². The topological polar surface area (TPSA) is 82.2 Å². The normalized spacial score (nSPS) is 23.1. The highest BCUT2D eigenvalue weighted by Gasteiger charge is 2.42. The second-order valence-electron chi connectivity index (χ2n) is 9.60. The second-order valence-corrected chi connectivity index (χ2v) is 10.8. The molecule has 0 aliphatic carbocycles. The summed E-state index contributed by atoms with van der Waals surface area (Å²) in [4.78, 5) is 29.5. The van der Waals surface area contributed by atoms with Gasteiger partial charge in [-0.15, -0.1) is 0 Å². The number of carbonyl (C=O) groups is 2. The van der Waals surface area contributed by atoms with Crippen LogP contribution in [0.1, 0.15) is 43.2 Å². The van der Waals surface area contributed by atoms with Gasteiger partial charge in [0.2, 0.25) is 5.91 Å². The van der Waals surface area contributed by atoms with Crippen LogP contribution in [0.15, 0.2) is 59.7 Å². The Labute approximate surface area is 211 Å². The van der Waals surface area contributed by atoms with Crippen molar-refractivity contribution in [3.63, 3.8) is 0 Å². The van der Waals surface area contributed by atoms with Crippen molar-refractivity contribution < 1.29 is 9.59 Å². The number of anilines is 1. The maximum absolute atomic E-state index is 12.9. The standard InChI is InChI=1S/C27H33N5O2S/c28-26(34)27-32(29-24(35-27)14-11-20-7-3-1-4-8-20)23-17-25(33)31(19-23)22-12-9-21(10-13-22)18-30-15-5-2-6-16-30/h1,3-4,7-10,12-13,23,27H,2,5-6,11,14-19H2,(H2,28,34). The van der Waals surface area contributed by atoms with Crippen LogP contribution in [0.4, 0.5) is 5.69 Å². The van der Waals surface area contributed by atoms with Crippen LogP contribution in [0.5, 0.6) is 0 Å². The summed E-state index contributed by atoms with van der Waals surface area (Å²) in [6.45, 7) is 3.79. The van der Waals surface area contributed by atoms with E-state index in [-0.39, 0.29) is 11.9 Å². The Morgan fingerprint density at radius 2 is 1.71 bits per heavy atom. The van der Waals surface area contributed by atoms with E-state index >= 15 is 0 Å². The number of carbonyl (C=O) groups excluding carboxylic acids is 2. The molecule has 8 heteroatoms. The van der Waals surface area contributed by atoms with Gasteiger partial charge in [-0.2, -0.15) is 5.10 Å². The number of nitrogens with zero attached hydrogens (tertiary/aromatic N) is 4. The van der Waals surface area contributed by atoms with Crippen molar-refractivity contribution in [3.8, 4) is 0 Å². The van der Waals surface area contributed by atoms with Gasteiger partial charge >= 0.3 is 0 Å². The quantitative estimate of drug-likeness (QED) is 0.610. The number of amides is 2. The first-order valence-corrected chi connectivity index (χ1v) is 13.4. The molecule has 2 fully saturated rings. The average Bonchev–Trinajstić information content (AvgIpc) is 3.48. The Bertz CT molecular complexity index is 1070. The van der Waals surface area contributed by atoms with Crippen molar-refractivity contribution in [1.82, 2.24) is 9.91 Å². The van der Waals surface area contributed by atoms with E-state index < -0.39 is 11.3 Å².